The van der Waals surface area contributed by atoms with Crippen molar-refractivity contribution in [3.05, 3.63) is 29.3 Å². The largest absolute Gasteiger partial charge is 0.494 e. The average molecular weight is 293 g/mol. The van der Waals surface area contributed by atoms with E-state index in [1.54, 1.807) is 0 Å². The van der Waals surface area contributed by atoms with E-state index < -0.39 is 0 Å². The molecule has 0 amide bonds. The first-order valence-electron chi connectivity index (χ1n) is 8.17. The second kappa shape index (κ2) is 9.80. The molecular weight excluding hydrogens is 262 g/mol. The molecule has 3 nitrogen and oxygen atoms in total. The zero-order chi connectivity index (χ0) is 15.7. The number of aryl methyl sites for hydroxylation is 2. The number of aliphatic hydroxyl groups excluding tert-OH is 1. The topological polar surface area (TPSA) is 32.7 Å². The van der Waals surface area contributed by atoms with Gasteiger partial charge in [-0.25, -0.2) is 0 Å². The number of rotatable bonds is 10. The van der Waals surface area contributed by atoms with Crippen LogP contribution in [-0.2, 0) is 0 Å². The third-order valence-electron chi connectivity index (χ3n) is 4.18. The Morgan fingerprint density at radius 2 is 1.81 bits per heavy atom. The third-order valence-corrected chi connectivity index (χ3v) is 4.18. The Morgan fingerprint density at radius 1 is 1.10 bits per heavy atom. The van der Waals surface area contributed by atoms with Gasteiger partial charge in [0.25, 0.3) is 0 Å². The molecule has 1 N–H and O–H groups in total. The fourth-order valence-electron chi connectivity index (χ4n) is 2.67. The van der Waals surface area contributed by atoms with E-state index in [9.17, 15) is 5.11 Å². The van der Waals surface area contributed by atoms with Crippen LogP contribution in [0.5, 0.6) is 5.75 Å². The molecule has 0 aliphatic heterocycles. The highest BCUT2D eigenvalue weighted by molar-refractivity contribution is 5.33. The summed E-state index contributed by atoms with van der Waals surface area (Å²) in [5.74, 6) is 0.953. The minimum atomic E-state index is 0.231. The molecule has 1 aromatic carbocycles. The molecule has 1 aromatic rings. The lowest BCUT2D eigenvalue weighted by Gasteiger charge is -2.29. The summed E-state index contributed by atoms with van der Waals surface area (Å²) in [4.78, 5) is 2.38. The fourth-order valence-corrected chi connectivity index (χ4v) is 2.67. The summed E-state index contributed by atoms with van der Waals surface area (Å²) < 4.78 is 5.83. The van der Waals surface area contributed by atoms with Crippen molar-refractivity contribution in [3.8, 4) is 5.75 Å². The number of aliphatic hydroxyl groups is 1. The van der Waals surface area contributed by atoms with E-state index in [-0.39, 0.29) is 6.61 Å². The van der Waals surface area contributed by atoms with Gasteiger partial charge in [-0.1, -0.05) is 19.9 Å². The van der Waals surface area contributed by atoms with Gasteiger partial charge in [0, 0.05) is 19.1 Å². The molecular formula is C18H31NO2. The van der Waals surface area contributed by atoms with Crippen LogP contribution in [0.2, 0.25) is 0 Å². The Bertz CT molecular complexity index is 402. The number of ether oxygens (including phenoxy) is 1. The number of hydrogen-bond acceptors (Lipinski definition) is 3. The Morgan fingerprint density at radius 3 is 2.38 bits per heavy atom. The van der Waals surface area contributed by atoms with E-state index in [1.807, 2.05) is 6.07 Å². The predicted octanol–water partition coefficient (Wildman–Crippen LogP) is 3.56. The van der Waals surface area contributed by atoms with Crippen LogP contribution in [0.25, 0.3) is 0 Å². The molecule has 0 atom stereocenters. The Labute approximate surface area is 129 Å². The molecule has 0 saturated heterocycles. The van der Waals surface area contributed by atoms with E-state index in [0.29, 0.717) is 6.04 Å². The molecule has 0 saturated carbocycles. The van der Waals surface area contributed by atoms with Gasteiger partial charge in [-0.15, -0.1) is 0 Å². The molecule has 3 heteroatoms. The molecule has 0 aliphatic carbocycles. The van der Waals surface area contributed by atoms with Gasteiger partial charge in [0.15, 0.2) is 0 Å². The van der Waals surface area contributed by atoms with Crippen LogP contribution in [0.1, 0.15) is 44.2 Å². The summed E-state index contributed by atoms with van der Waals surface area (Å²) in [5.41, 5.74) is 2.57. The van der Waals surface area contributed by atoms with Gasteiger partial charge in [-0.2, -0.15) is 0 Å². The highest BCUT2D eigenvalue weighted by Gasteiger charge is 2.13. The second-order valence-corrected chi connectivity index (χ2v) is 5.68. The summed E-state index contributed by atoms with van der Waals surface area (Å²) in [7, 11) is 0. The van der Waals surface area contributed by atoms with Crippen molar-refractivity contribution in [2.45, 2.75) is 53.0 Å². The monoisotopic (exact) mass is 293 g/mol. The van der Waals surface area contributed by atoms with Crippen LogP contribution < -0.4 is 4.74 Å². The van der Waals surface area contributed by atoms with E-state index in [4.69, 9.17) is 4.74 Å². The molecule has 1 rings (SSSR count). The standard InChI is InChI=1S/C18H31NO2/c1-5-17(6-2)19(11-12-20)10-7-13-21-18-9-8-15(3)16(4)14-18/h8-9,14,17,20H,5-7,10-13H2,1-4H3. The van der Waals surface area contributed by atoms with Crippen molar-refractivity contribution in [1.29, 1.82) is 0 Å². The maximum absolute atomic E-state index is 9.19. The smallest absolute Gasteiger partial charge is 0.119 e. The first-order chi connectivity index (χ1) is 10.1. The van der Waals surface area contributed by atoms with E-state index in [0.717, 1.165) is 44.7 Å². The molecule has 0 spiro atoms. The lowest BCUT2D eigenvalue weighted by atomic mass is 10.1. The molecule has 0 aromatic heterocycles. The van der Waals surface area contributed by atoms with Crippen molar-refractivity contribution in [2.75, 3.05) is 26.3 Å². The SMILES string of the molecule is CCC(CC)N(CCO)CCCOc1ccc(C)c(C)c1. The Balaban J connectivity index is 2.38. The molecule has 120 valence electrons. The summed E-state index contributed by atoms with van der Waals surface area (Å²) in [5, 5.41) is 9.19. The van der Waals surface area contributed by atoms with Crippen LogP contribution in [0.15, 0.2) is 18.2 Å². The van der Waals surface area contributed by atoms with E-state index >= 15 is 0 Å². The summed E-state index contributed by atoms with van der Waals surface area (Å²) >= 11 is 0. The number of benzene rings is 1. The third kappa shape index (κ3) is 6.06. The van der Waals surface area contributed by atoms with Crippen molar-refractivity contribution in [3.63, 3.8) is 0 Å². The fraction of sp³-hybridized carbons (Fsp3) is 0.667. The van der Waals surface area contributed by atoms with E-state index in [2.05, 4.69) is 44.7 Å². The van der Waals surface area contributed by atoms with Crippen molar-refractivity contribution < 1.29 is 9.84 Å². The second-order valence-electron chi connectivity index (χ2n) is 5.68. The first-order valence-corrected chi connectivity index (χ1v) is 8.17. The van der Waals surface area contributed by atoms with E-state index in [1.165, 1.54) is 11.1 Å². The molecule has 0 radical (unpaired) electrons. The van der Waals surface area contributed by atoms with Crippen LogP contribution >= 0.6 is 0 Å². The highest BCUT2D eigenvalue weighted by Crippen LogP contribution is 2.16. The lowest BCUT2D eigenvalue weighted by Crippen LogP contribution is -2.37. The normalized spacial score (nSPS) is 11.4. The molecule has 0 heterocycles. The zero-order valence-corrected chi connectivity index (χ0v) is 14.1. The number of hydrogen-bond donors (Lipinski definition) is 1. The molecule has 21 heavy (non-hydrogen) atoms. The Hall–Kier alpha value is -1.06. The van der Waals surface area contributed by atoms with Crippen LogP contribution in [0.4, 0.5) is 0 Å². The average Bonchev–Trinajstić information content (AvgIpc) is 2.48. The van der Waals surface area contributed by atoms with Gasteiger partial charge in [-0.05, 0) is 56.4 Å². The van der Waals surface area contributed by atoms with Crippen molar-refractivity contribution >= 4 is 0 Å². The van der Waals surface area contributed by atoms with Crippen LogP contribution in [0.3, 0.4) is 0 Å². The quantitative estimate of drug-likeness (QED) is 0.670. The first kappa shape index (κ1) is 18.0. The Kier molecular flexibility index (Phi) is 8.40. The molecule has 0 unspecified atom stereocenters. The summed E-state index contributed by atoms with van der Waals surface area (Å²) in [6.07, 6.45) is 3.26. The highest BCUT2D eigenvalue weighted by atomic mass is 16.5. The van der Waals surface area contributed by atoms with Gasteiger partial charge in [0.05, 0.1) is 13.2 Å². The minimum absolute atomic E-state index is 0.231. The molecule has 0 fully saturated rings. The minimum Gasteiger partial charge on any atom is -0.494 e. The zero-order valence-electron chi connectivity index (χ0n) is 14.1. The van der Waals surface area contributed by atoms with Crippen molar-refractivity contribution in [1.82, 2.24) is 4.90 Å². The van der Waals surface area contributed by atoms with Gasteiger partial charge in [-0.3, -0.25) is 4.90 Å². The van der Waals surface area contributed by atoms with Gasteiger partial charge >= 0.3 is 0 Å². The van der Waals surface area contributed by atoms with Crippen LogP contribution in [0, 0.1) is 13.8 Å². The van der Waals surface area contributed by atoms with Crippen molar-refractivity contribution in [2.24, 2.45) is 0 Å². The summed E-state index contributed by atoms with van der Waals surface area (Å²) in [6, 6.07) is 6.81. The van der Waals surface area contributed by atoms with Gasteiger partial charge < -0.3 is 9.84 Å². The van der Waals surface area contributed by atoms with Crippen LogP contribution in [-0.4, -0.2) is 42.4 Å². The molecule has 0 bridgehead atoms. The maximum atomic E-state index is 9.19. The lowest BCUT2D eigenvalue weighted by molar-refractivity contribution is 0.134. The van der Waals surface area contributed by atoms with Gasteiger partial charge in [0.1, 0.15) is 5.75 Å². The maximum Gasteiger partial charge on any atom is 0.119 e. The molecule has 0 aliphatic rings. The van der Waals surface area contributed by atoms with Gasteiger partial charge in [0.2, 0.25) is 0 Å². The summed E-state index contributed by atoms with van der Waals surface area (Å²) in [6.45, 7) is 11.3. The number of nitrogens with zero attached hydrogens (tertiary/aromatic N) is 1. The predicted molar refractivity (Wildman–Crippen MR) is 89.1 cm³/mol.